The van der Waals surface area contributed by atoms with Crippen molar-refractivity contribution in [2.24, 2.45) is 0 Å². The van der Waals surface area contributed by atoms with E-state index in [1.165, 1.54) is 12.1 Å². The van der Waals surface area contributed by atoms with Crippen LogP contribution in [0.25, 0.3) is 82.1 Å². The van der Waals surface area contributed by atoms with E-state index in [9.17, 15) is 0 Å². The summed E-state index contributed by atoms with van der Waals surface area (Å²) in [6, 6.07) is 60.1. The molecule has 0 saturated heterocycles. The molecule has 6 heteroatoms. The molecule has 0 bridgehead atoms. The maximum atomic E-state index is 8.85. The van der Waals surface area contributed by atoms with Crippen molar-refractivity contribution in [1.82, 2.24) is 14.1 Å². The number of fused-ring (bicyclic) bond motifs is 12. The third-order valence-corrected chi connectivity index (χ3v) is 15.5. The minimum atomic E-state index is -3.48. The summed E-state index contributed by atoms with van der Waals surface area (Å²) in [4.78, 5) is 7.08. The third-order valence-electron chi connectivity index (χ3n) is 15.5. The molecule has 5 heterocycles. The van der Waals surface area contributed by atoms with Gasteiger partial charge in [-0.15, -0.1) is 35.2 Å². The normalized spacial score (nSPS) is 16.2. The topological polar surface area (TPSA) is 35.2 Å². The maximum Gasteiger partial charge on any atom is 0.135 e. The predicted molar refractivity (Wildman–Crippen MR) is 310 cm³/mol. The van der Waals surface area contributed by atoms with Crippen molar-refractivity contribution in [2.45, 2.75) is 97.6 Å². The average Bonchev–Trinajstić information content (AvgIpc) is 1.31. The van der Waals surface area contributed by atoms with Crippen LogP contribution in [0.3, 0.4) is 0 Å². The Morgan fingerprint density at radius 3 is 1.80 bits per heavy atom. The molecule has 0 spiro atoms. The van der Waals surface area contributed by atoms with Crippen molar-refractivity contribution >= 4 is 76.5 Å². The van der Waals surface area contributed by atoms with Crippen molar-refractivity contribution in [3.63, 3.8) is 0 Å². The molecular formula is C69H61N4OPt-3. The van der Waals surface area contributed by atoms with Gasteiger partial charge in [0.25, 0.3) is 0 Å². The summed E-state index contributed by atoms with van der Waals surface area (Å²) in [6.07, 6.45) is 1.87. The number of aromatic nitrogens is 3. The molecule has 0 unspecified atom stereocenters. The first-order valence-corrected chi connectivity index (χ1v) is 25.4. The Morgan fingerprint density at radius 1 is 0.547 bits per heavy atom. The molecule has 13 rings (SSSR count). The molecule has 0 atom stereocenters. The molecule has 8 aromatic carbocycles. The van der Waals surface area contributed by atoms with Crippen LogP contribution < -0.4 is 9.64 Å². The molecule has 0 aliphatic carbocycles. The number of pyridine rings is 1. The number of ether oxygens (including phenoxy) is 1. The van der Waals surface area contributed by atoms with E-state index in [2.05, 4.69) is 158 Å². The van der Waals surface area contributed by atoms with Gasteiger partial charge in [0.15, 0.2) is 0 Å². The van der Waals surface area contributed by atoms with Crippen LogP contribution in [0.15, 0.2) is 164 Å². The number of para-hydroxylation sites is 2. The van der Waals surface area contributed by atoms with E-state index in [-0.39, 0.29) is 32.0 Å². The van der Waals surface area contributed by atoms with Crippen molar-refractivity contribution < 1.29 is 38.1 Å². The summed E-state index contributed by atoms with van der Waals surface area (Å²) in [5, 5.41) is 7.84. The summed E-state index contributed by atoms with van der Waals surface area (Å²) in [5.74, 6) is 1.77. The molecule has 0 N–H and O–H groups in total. The summed E-state index contributed by atoms with van der Waals surface area (Å²) >= 11 is 0. The summed E-state index contributed by atoms with van der Waals surface area (Å²) < 4.78 is 90.8. The first kappa shape index (κ1) is 39.1. The maximum absolute atomic E-state index is 8.85. The third kappa shape index (κ3) is 7.67. The second-order valence-corrected chi connectivity index (χ2v) is 22.7. The van der Waals surface area contributed by atoms with Crippen LogP contribution in [0.1, 0.15) is 116 Å². The van der Waals surface area contributed by atoms with Crippen molar-refractivity contribution in [1.29, 1.82) is 0 Å². The van der Waals surface area contributed by atoms with Gasteiger partial charge < -0.3 is 18.8 Å². The van der Waals surface area contributed by atoms with Gasteiger partial charge >= 0.3 is 0 Å². The van der Waals surface area contributed by atoms with Gasteiger partial charge in [-0.3, -0.25) is 0 Å². The van der Waals surface area contributed by atoms with Crippen molar-refractivity contribution in [2.75, 3.05) is 4.90 Å². The number of anilines is 2. The molecule has 376 valence electrons. The number of benzene rings is 8. The number of rotatable bonds is 4. The van der Waals surface area contributed by atoms with Crippen LogP contribution in [0, 0.1) is 18.8 Å². The van der Waals surface area contributed by atoms with Crippen LogP contribution >= 0.6 is 0 Å². The van der Waals surface area contributed by atoms with Gasteiger partial charge in [-0.25, -0.2) is 4.98 Å². The van der Waals surface area contributed by atoms with E-state index < -0.39 is 36.8 Å². The van der Waals surface area contributed by atoms with E-state index >= 15 is 0 Å². The van der Waals surface area contributed by atoms with Crippen molar-refractivity contribution in [3.05, 3.63) is 211 Å². The predicted octanol–water partition coefficient (Wildman–Crippen LogP) is 18.4. The monoisotopic (exact) mass is 1170 g/mol. The van der Waals surface area contributed by atoms with E-state index in [1.807, 2.05) is 81.6 Å². The van der Waals surface area contributed by atoms with Crippen LogP contribution in [0.2, 0.25) is 0 Å². The van der Waals surface area contributed by atoms with Crippen LogP contribution in [0.4, 0.5) is 11.4 Å². The van der Waals surface area contributed by atoms with Crippen molar-refractivity contribution in [3.8, 4) is 28.4 Å². The van der Waals surface area contributed by atoms with Gasteiger partial charge in [-0.2, -0.15) is 12.1 Å². The zero-order valence-corrected chi connectivity index (χ0v) is 45.5. The number of hydrogen-bond donors (Lipinski definition) is 0. The minimum absolute atomic E-state index is 0. The second-order valence-electron chi connectivity index (χ2n) is 22.7. The number of hydrogen-bond acceptors (Lipinski definition) is 3. The van der Waals surface area contributed by atoms with E-state index in [4.69, 9.17) is 22.1 Å². The molecule has 0 fully saturated rings. The average molecular weight is 1170 g/mol. The Balaban J connectivity index is 0.00000694. The zero-order chi connectivity index (χ0) is 58.7. The van der Waals surface area contributed by atoms with E-state index in [1.54, 1.807) is 0 Å². The first-order chi connectivity index (χ1) is 39.1. The summed E-state index contributed by atoms with van der Waals surface area (Å²) in [7, 11) is 0. The molecule has 2 aliphatic heterocycles. The molecule has 0 radical (unpaired) electrons. The molecule has 0 amide bonds. The minimum Gasteiger partial charge on any atom is -0.509 e. The zero-order valence-electron chi connectivity index (χ0n) is 52.2. The van der Waals surface area contributed by atoms with Crippen LogP contribution in [0.5, 0.6) is 11.5 Å². The molecule has 2 aliphatic rings. The fourth-order valence-electron chi connectivity index (χ4n) is 11.6. The first-order valence-electron chi connectivity index (χ1n) is 29.9. The van der Waals surface area contributed by atoms with Crippen LogP contribution in [-0.2, 0) is 42.7 Å². The SMILES string of the molecule is [2H]C([2H])([2H])C(c1cc(-c2cccc3c4ccccc4c4ccccc4c4ccc5c6c4n(c23)[CH-]N6c2[c-]c(Oc3[c-]c4c(cc3)c3ccccc3n4-c3cc(C(C)(C)C)ccn3)ccc2C5(C)C)cc(C(C)(C)C)c1)(C([2H])([2H])[2H])C([2H])([2H])[2H].[Pt]. The van der Waals surface area contributed by atoms with Gasteiger partial charge in [-0.05, 0) is 129 Å². The summed E-state index contributed by atoms with van der Waals surface area (Å²) in [6.45, 7) is 8.55. The van der Waals surface area contributed by atoms with Gasteiger partial charge in [0.05, 0.1) is 0 Å². The Bertz CT molecular complexity index is 4570. The molecule has 0 saturated carbocycles. The molecule has 11 aromatic rings. The quantitative estimate of drug-likeness (QED) is 0.165. The number of nitrogens with zero attached hydrogens (tertiary/aromatic N) is 4. The smallest absolute Gasteiger partial charge is 0.135 e. The Morgan fingerprint density at radius 2 is 1.12 bits per heavy atom. The van der Waals surface area contributed by atoms with E-state index in [0.29, 0.717) is 28.2 Å². The fraction of sp³-hybridized carbons (Fsp3) is 0.217. The van der Waals surface area contributed by atoms with Gasteiger partial charge in [0, 0.05) is 62.3 Å². The summed E-state index contributed by atoms with van der Waals surface area (Å²) in [5.41, 5.74) is 5.21. The van der Waals surface area contributed by atoms with Gasteiger partial charge in [0.2, 0.25) is 0 Å². The molecule has 3 aromatic heterocycles. The second kappa shape index (κ2) is 17.1. The molecule has 75 heavy (non-hydrogen) atoms. The van der Waals surface area contributed by atoms with Crippen LogP contribution in [-0.4, -0.2) is 14.1 Å². The fourth-order valence-corrected chi connectivity index (χ4v) is 11.6. The van der Waals surface area contributed by atoms with Gasteiger partial charge in [-0.1, -0.05) is 202 Å². The molecular weight excluding hydrogens is 1100 g/mol. The Hall–Kier alpha value is -7.33. The largest absolute Gasteiger partial charge is 0.509 e. The van der Waals surface area contributed by atoms with E-state index in [0.717, 1.165) is 99.0 Å². The standard InChI is InChI=1S/C69H61N4O.Pt/c1-66(2,3)43-33-34-70-62(38-43)73-59-26-17-16-23-53(59)54-29-27-46(39-60(54)73)74-47-28-31-57-61(40-47)71-41-72-63-48(42-35-44(67(4,5)6)37-45(36-42)68(7,8)9)24-18-25-55(63)51-21-14-12-19-49(51)50-20-13-15-22-52(50)56-30-32-58(69(57,10)11)65(71)64(56)72;/h12-38,41H,1-11H3;/q-3;/i4D3,5D3,6D3;. The van der Waals surface area contributed by atoms with Gasteiger partial charge in [0.1, 0.15) is 5.82 Å². The molecule has 5 nitrogen and oxygen atoms in total. The Labute approximate surface area is 468 Å². The Kier molecular flexibility index (Phi) is 8.92.